The first-order valence-corrected chi connectivity index (χ1v) is 9.51. The van der Waals surface area contributed by atoms with Gasteiger partial charge in [-0.3, -0.25) is 10.2 Å². The van der Waals surface area contributed by atoms with Crippen molar-refractivity contribution in [2.45, 2.75) is 13.1 Å². The number of hydrogen-bond donors (Lipinski definition) is 3. The average molecular weight is 450 g/mol. The van der Waals surface area contributed by atoms with Gasteiger partial charge in [-0.25, -0.2) is 9.18 Å². The second-order valence-corrected chi connectivity index (χ2v) is 7.73. The summed E-state index contributed by atoms with van der Waals surface area (Å²) >= 11 is 1.11. The highest BCUT2D eigenvalue weighted by Gasteiger charge is 2.37. The fraction of sp³-hybridized carbons (Fsp3) is 0.0952. The number of carboxylic acid groups (broad SMARTS) is 1. The highest BCUT2D eigenvalue weighted by atomic mass is 32.1. The van der Waals surface area contributed by atoms with Crippen LogP contribution in [0.15, 0.2) is 48.5 Å². The number of alkyl halides is 3. The smallest absolute Gasteiger partial charge is 0.417 e. The number of aryl methyl sites for hydroxylation is 1. The van der Waals surface area contributed by atoms with E-state index in [-0.39, 0.29) is 21.8 Å². The number of carbonyl (C=O) groups excluding carboxylic acids is 1. The molecule has 1 heterocycles. The van der Waals surface area contributed by atoms with Gasteiger partial charge < -0.3 is 10.4 Å². The fourth-order valence-corrected chi connectivity index (χ4v) is 3.82. The fourth-order valence-electron chi connectivity index (χ4n) is 2.88. The molecule has 0 saturated carbocycles. The van der Waals surface area contributed by atoms with Gasteiger partial charge in [0.15, 0.2) is 0 Å². The monoisotopic (exact) mass is 450 g/mol. The van der Waals surface area contributed by atoms with Crippen molar-refractivity contribution in [3.8, 4) is 0 Å². The second-order valence-electron chi connectivity index (χ2n) is 6.47. The van der Waals surface area contributed by atoms with E-state index < -0.39 is 35.0 Å². The van der Waals surface area contributed by atoms with Crippen molar-refractivity contribution in [3.05, 3.63) is 86.4 Å². The quantitative estimate of drug-likeness (QED) is 0.350. The third-order valence-electron chi connectivity index (χ3n) is 4.30. The van der Waals surface area contributed by atoms with Gasteiger partial charge >= 0.3 is 12.1 Å². The highest BCUT2D eigenvalue weighted by Crippen LogP contribution is 2.35. The zero-order valence-electron chi connectivity index (χ0n) is 15.8. The van der Waals surface area contributed by atoms with E-state index in [1.54, 1.807) is 6.92 Å². The molecule has 3 rings (SSSR count). The minimum atomic E-state index is -4.93. The number of amides is 1. The molecule has 0 fully saturated rings. The molecule has 1 aromatic heterocycles. The molecule has 0 aliphatic carbocycles. The largest absolute Gasteiger partial charge is 0.478 e. The van der Waals surface area contributed by atoms with Gasteiger partial charge in [-0.15, -0.1) is 11.3 Å². The summed E-state index contributed by atoms with van der Waals surface area (Å²) in [5.74, 6) is -3.75. The van der Waals surface area contributed by atoms with E-state index in [0.717, 1.165) is 23.5 Å². The van der Waals surface area contributed by atoms with Crippen LogP contribution in [0.2, 0.25) is 0 Å². The molecular weight excluding hydrogens is 436 g/mol. The molecule has 0 radical (unpaired) electrons. The van der Waals surface area contributed by atoms with Crippen LogP contribution in [0.4, 0.5) is 23.2 Å². The van der Waals surface area contributed by atoms with Crippen LogP contribution in [0.3, 0.4) is 0 Å². The molecule has 0 spiro atoms. The molecule has 5 nitrogen and oxygen atoms in total. The van der Waals surface area contributed by atoms with Crippen LogP contribution < -0.4 is 5.32 Å². The number of carbonyl (C=O) groups is 2. The number of aromatic carboxylic acids is 1. The van der Waals surface area contributed by atoms with Crippen molar-refractivity contribution < 1.29 is 32.3 Å². The standard InChI is InChI=1S/C21H14F4N2O3S/c1-10-9-15(18(31-10)17(26)11-5-7-12(8-6-11)20(29)30)27-19(28)16-13(21(23,24)25)3-2-4-14(16)22/h2-9,26H,1H3,(H,27,28)(H,29,30). The molecular formula is C21H14F4N2O3S. The molecule has 3 aromatic rings. The van der Waals surface area contributed by atoms with Crippen LogP contribution in [0.1, 0.15) is 41.6 Å². The Labute approximate surface area is 177 Å². The van der Waals surface area contributed by atoms with E-state index in [1.165, 1.54) is 30.3 Å². The van der Waals surface area contributed by atoms with Crippen molar-refractivity contribution in [3.63, 3.8) is 0 Å². The number of rotatable bonds is 5. The minimum absolute atomic E-state index is 0.0201. The summed E-state index contributed by atoms with van der Waals surface area (Å²) in [6.45, 7) is 1.68. The lowest BCUT2D eigenvalue weighted by Gasteiger charge is -2.14. The summed E-state index contributed by atoms with van der Waals surface area (Å²) in [6.07, 6.45) is -4.93. The number of hydrogen-bond acceptors (Lipinski definition) is 4. The number of benzene rings is 2. The Kier molecular flexibility index (Phi) is 5.94. The molecule has 1 amide bonds. The number of thiophene rings is 1. The number of halogens is 4. The van der Waals surface area contributed by atoms with Crippen molar-refractivity contribution in [1.82, 2.24) is 0 Å². The van der Waals surface area contributed by atoms with Gasteiger partial charge in [-0.1, -0.05) is 18.2 Å². The van der Waals surface area contributed by atoms with E-state index in [1.807, 2.05) is 0 Å². The first kappa shape index (κ1) is 22.2. The number of carboxylic acids is 1. The molecule has 0 bridgehead atoms. The van der Waals surface area contributed by atoms with Crippen LogP contribution >= 0.6 is 11.3 Å². The van der Waals surface area contributed by atoms with Crippen LogP contribution in [0, 0.1) is 18.2 Å². The van der Waals surface area contributed by atoms with E-state index >= 15 is 0 Å². The number of anilines is 1. The minimum Gasteiger partial charge on any atom is -0.478 e. The Hall–Kier alpha value is -3.53. The summed E-state index contributed by atoms with van der Waals surface area (Å²) in [5, 5.41) is 19.6. The Morgan fingerprint density at radius 3 is 2.26 bits per heavy atom. The van der Waals surface area contributed by atoms with Crippen LogP contribution in [-0.2, 0) is 6.18 Å². The molecule has 10 heteroatoms. The van der Waals surface area contributed by atoms with Gasteiger partial charge in [-0.05, 0) is 37.3 Å². The summed E-state index contributed by atoms with van der Waals surface area (Å²) in [5.41, 5.74) is -2.21. The maximum absolute atomic E-state index is 14.1. The van der Waals surface area contributed by atoms with Gasteiger partial charge in [0.2, 0.25) is 0 Å². The van der Waals surface area contributed by atoms with Gasteiger partial charge in [0.1, 0.15) is 5.82 Å². The van der Waals surface area contributed by atoms with Crippen LogP contribution in [0.5, 0.6) is 0 Å². The highest BCUT2D eigenvalue weighted by molar-refractivity contribution is 7.14. The van der Waals surface area contributed by atoms with E-state index in [0.29, 0.717) is 16.5 Å². The normalized spacial score (nSPS) is 11.3. The third kappa shape index (κ3) is 4.64. The Morgan fingerprint density at radius 2 is 1.68 bits per heavy atom. The zero-order valence-corrected chi connectivity index (χ0v) is 16.6. The van der Waals surface area contributed by atoms with Crippen molar-refractivity contribution in [2.75, 3.05) is 5.32 Å². The molecule has 0 saturated heterocycles. The van der Waals surface area contributed by atoms with E-state index in [9.17, 15) is 27.2 Å². The molecule has 0 atom stereocenters. The average Bonchev–Trinajstić information content (AvgIpc) is 3.06. The van der Waals surface area contributed by atoms with Gasteiger partial charge in [0, 0.05) is 10.4 Å². The predicted molar refractivity (Wildman–Crippen MR) is 108 cm³/mol. The SMILES string of the molecule is Cc1cc(NC(=O)c2c(F)cccc2C(F)(F)F)c(C(=N)c2ccc(C(=O)O)cc2)s1. The third-order valence-corrected chi connectivity index (χ3v) is 5.37. The molecule has 2 aromatic carbocycles. The predicted octanol–water partition coefficient (Wildman–Crippen LogP) is 5.58. The van der Waals surface area contributed by atoms with Crippen molar-refractivity contribution >= 4 is 34.6 Å². The lowest BCUT2D eigenvalue weighted by molar-refractivity contribution is -0.138. The summed E-state index contributed by atoms with van der Waals surface area (Å²) < 4.78 is 53.8. The molecule has 31 heavy (non-hydrogen) atoms. The first-order valence-electron chi connectivity index (χ1n) is 8.69. The zero-order chi connectivity index (χ0) is 22.9. The van der Waals surface area contributed by atoms with E-state index in [4.69, 9.17) is 10.5 Å². The van der Waals surface area contributed by atoms with Crippen LogP contribution in [0.25, 0.3) is 0 Å². The molecule has 160 valence electrons. The molecule has 3 N–H and O–H groups in total. The van der Waals surface area contributed by atoms with Crippen molar-refractivity contribution in [1.29, 1.82) is 5.41 Å². The maximum atomic E-state index is 14.1. The van der Waals surface area contributed by atoms with Crippen LogP contribution in [-0.4, -0.2) is 22.7 Å². The Morgan fingerprint density at radius 1 is 1.06 bits per heavy atom. The van der Waals surface area contributed by atoms with E-state index in [2.05, 4.69) is 5.32 Å². The molecule has 0 aliphatic heterocycles. The van der Waals surface area contributed by atoms with Gasteiger partial charge in [0.25, 0.3) is 5.91 Å². The topological polar surface area (TPSA) is 90.3 Å². The summed E-state index contributed by atoms with van der Waals surface area (Å²) in [6, 6.07) is 9.13. The number of nitrogens with one attached hydrogen (secondary N) is 2. The lowest BCUT2D eigenvalue weighted by atomic mass is 10.0. The first-order chi connectivity index (χ1) is 14.5. The van der Waals surface area contributed by atoms with Gasteiger partial charge in [0.05, 0.1) is 33.0 Å². The molecule has 0 aliphatic rings. The Balaban J connectivity index is 1.96. The van der Waals surface area contributed by atoms with Crippen molar-refractivity contribution in [2.24, 2.45) is 0 Å². The summed E-state index contributed by atoms with van der Waals surface area (Å²) in [7, 11) is 0. The van der Waals surface area contributed by atoms with Gasteiger partial charge in [-0.2, -0.15) is 13.2 Å². The Bertz CT molecular complexity index is 1180. The molecule has 0 unspecified atom stereocenters. The lowest BCUT2D eigenvalue weighted by Crippen LogP contribution is -2.21. The summed E-state index contributed by atoms with van der Waals surface area (Å²) in [4.78, 5) is 24.4. The second kappa shape index (κ2) is 8.31. The maximum Gasteiger partial charge on any atom is 0.417 e.